The number of amides is 1. The van der Waals surface area contributed by atoms with Crippen molar-refractivity contribution in [3.63, 3.8) is 0 Å². The van der Waals surface area contributed by atoms with Crippen LogP contribution in [-0.2, 0) is 46.9 Å². The van der Waals surface area contributed by atoms with Crippen LogP contribution in [0.4, 0.5) is 36.6 Å². The lowest BCUT2D eigenvalue weighted by atomic mass is 9.94. The Hall–Kier alpha value is -5.11. The molecule has 1 fully saturated rings. The highest BCUT2D eigenvalue weighted by atomic mass is 32.2. The number of aromatic nitrogens is 6. The van der Waals surface area contributed by atoms with Gasteiger partial charge in [0.1, 0.15) is 23.9 Å². The summed E-state index contributed by atoms with van der Waals surface area (Å²) in [6.07, 6.45) is -4.53. The van der Waals surface area contributed by atoms with E-state index in [2.05, 4.69) is 25.2 Å². The van der Waals surface area contributed by atoms with E-state index in [9.17, 15) is 35.2 Å². The lowest BCUT2D eigenvalue weighted by molar-refractivity contribution is -0.142. The molecule has 0 saturated heterocycles. The van der Waals surface area contributed by atoms with Gasteiger partial charge in [-0.1, -0.05) is 12.1 Å². The molecule has 3 atom stereocenters. The van der Waals surface area contributed by atoms with Gasteiger partial charge in [-0.3, -0.25) is 18.9 Å². The number of rotatable bonds is 9. The Morgan fingerprint density at radius 2 is 1.80 bits per heavy atom. The third-order valence-electron chi connectivity index (χ3n) is 9.48. The molecule has 4 heterocycles. The fourth-order valence-corrected chi connectivity index (χ4v) is 8.73. The number of nitrogens with zero attached hydrogens (tertiary/aromatic N) is 6. The van der Waals surface area contributed by atoms with Gasteiger partial charge in [0.15, 0.2) is 17.2 Å². The van der Waals surface area contributed by atoms with E-state index in [1.54, 1.807) is 38.2 Å². The number of benzene rings is 2. The molecule has 4 aromatic heterocycles. The van der Waals surface area contributed by atoms with Crippen LogP contribution >= 0.6 is 11.3 Å². The van der Waals surface area contributed by atoms with Crippen molar-refractivity contribution in [3.05, 3.63) is 87.3 Å². The highest BCUT2D eigenvalue weighted by Crippen LogP contribution is 2.68. The molecule has 282 valence electrons. The van der Waals surface area contributed by atoms with Crippen LogP contribution < -0.4 is 10.0 Å². The highest BCUT2D eigenvalue weighted by molar-refractivity contribution is 7.92. The number of hydrogen-bond acceptors (Lipinski definition) is 8. The zero-order chi connectivity index (χ0) is 38.6. The number of alkyl halides is 5. The van der Waals surface area contributed by atoms with E-state index in [0.29, 0.717) is 42.5 Å². The van der Waals surface area contributed by atoms with Crippen molar-refractivity contribution in [3.8, 4) is 11.1 Å². The summed E-state index contributed by atoms with van der Waals surface area (Å²) in [5.41, 5.74) is -1.40. The van der Waals surface area contributed by atoms with E-state index in [0.717, 1.165) is 18.4 Å². The van der Waals surface area contributed by atoms with Crippen LogP contribution in [0.25, 0.3) is 32.4 Å². The van der Waals surface area contributed by atoms with E-state index < -0.39 is 81.0 Å². The molecule has 0 radical (unpaired) electrons. The first kappa shape index (κ1) is 35.9. The first-order chi connectivity index (χ1) is 25.3. The predicted molar refractivity (Wildman–Crippen MR) is 183 cm³/mol. The van der Waals surface area contributed by atoms with Gasteiger partial charge in [0.2, 0.25) is 15.9 Å². The molecule has 2 aliphatic rings. The van der Waals surface area contributed by atoms with Crippen LogP contribution in [0.1, 0.15) is 51.6 Å². The van der Waals surface area contributed by atoms with Crippen LogP contribution in [-0.4, -0.2) is 50.1 Å². The van der Waals surface area contributed by atoms with Crippen LogP contribution in [0.15, 0.2) is 42.5 Å². The van der Waals surface area contributed by atoms with Gasteiger partial charge in [-0.15, -0.1) is 11.3 Å². The Kier molecular flexibility index (Phi) is 8.11. The van der Waals surface area contributed by atoms with Crippen molar-refractivity contribution >= 4 is 54.3 Å². The Morgan fingerprint density at radius 3 is 2.48 bits per heavy atom. The highest BCUT2D eigenvalue weighted by Gasteiger charge is 2.68. The SMILES string of the molecule is Cc1nc2nc(C(Cc3cc(F)cc(F)c3)NC(=O)Cn3nc(C(F)(F)F)c4c3C(F)(F)[C@@H]3C[C@H]43)c(-c3cccc4c(NS(C)(=O)=O)nn(C)c34)cc2s1. The quantitative estimate of drug-likeness (QED) is 0.155. The summed E-state index contributed by atoms with van der Waals surface area (Å²) in [7, 11) is -2.17. The van der Waals surface area contributed by atoms with Crippen LogP contribution in [0.2, 0.25) is 0 Å². The number of para-hydroxylation sites is 1. The first-order valence-electron chi connectivity index (χ1n) is 16.3. The fraction of sp³-hybridized carbons (Fsp3) is 0.324. The number of pyridine rings is 1. The van der Waals surface area contributed by atoms with E-state index >= 15 is 8.78 Å². The standard InChI is InChI=1S/C34H27F7N8O3S2/c1-14-42-32-24(53-14)12-20(18-5-4-6-19-28(18)48(2)46-31(19)47-54(3,51)52)27(44-32)23(9-15-7-16(35)10-17(36)8-15)43-25(50)13-49-30-26(29(45-49)34(39,40)41)21-11-22(21)33(30,37)38/h4-8,10,12,21-23H,9,11,13H2,1-3H3,(H,43,50)(H,46,47)/t21-,22+,23?/m0/s1. The van der Waals surface area contributed by atoms with Crippen molar-refractivity contribution in [2.75, 3.05) is 11.0 Å². The summed E-state index contributed by atoms with van der Waals surface area (Å²) in [6, 6.07) is 8.11. The van der Waals surface area contributed by atoms with Gasteiger partial charge in [0.05, 0.1) is 33.2 Å². The normalized spacial score (nSPS) is 18.2. The summed E-state index contributed by atoms with van der Waals surface area (Å²) < 4.78 is 131. The van der Waals surface area contributed by atoms with Gasteiger partial charge in [0, 0.05) is 41.1 Å². The summed E-state index contributed by atoms with van der Waals surface area (Å²) in [5, 5.41) is 11.5. The smallest absolute Gasteiger partial charge is 0.346 e. The molecular weight excluding hydrogens is 766 g/mol. The summed E-state index contributed by atoms with van der Waals surface area (Å²) in [4.78, 5) is 23.1. The third kappa shape index (κ3) is 6.23. The molecule has 0 spiro atoms. The van der Waals surface area contributed by atoms with Gasteiger partial charge < -0.3 is 5.32 Å². The average Bonchev–Trinajstić information content (AvgIpc) is 3.37. The number of anilines is 1. The minimum absolute atomic E-state index is 0.0283. The molecule has 0 bridgehead atoms. The molecule has 11 nitrogen and oxygen atoms in total. The fourth-order valence-electron chi connectivity index (χ4n) is 7.42. The van der Waals surface area contributed by atoms with Gasteiger partial charge >= 0.3 is 6.18 Å². The molecule has 1 amide bonds. The molecule has 8 rings (SSSR count). The first-order valence-corrected chi connectivity index (χ1v) is 19.0. The van der Waals surface area contributed by atoms with Crippen LogP contribution in [0, 0.1) is 24.5 Å². The zero-order valence-corrected chi connectivity index (χ0v) is 29.9. The largest absolute Gasteiger partial charge is 0.435 e. The zero-order valence-electron chi connectivity index (χ0n) is 28.3. The third-order valence-corrected chi connectivity index (χ3v) is 10.9. The predicted octanol–water partition coefficient (Wildman–Crippen LogP) is 6.73. The molecule has 2 N–H and O–H groups in total. The minimum Gasteiger partial charge on any atom is -0.346 e. The van der Waals surface area contributed by atoms with Crippen molar-refractivity contribution in [2.24, 2.45) is 13.0 Å². The Bertz CT molecular complexity index is 2630. The molecule has 20 heteroatoms. The Labute approximate surface area is 305 Å². The average molecular weight is 793 g/mol. The number of aryl methyl sites for hydroxylation is 2. The second-order valence-corrected chi connectivity index (χ2v) is 16.4. The van der Waals surface area contributed by atoms with E-state index in [4.69, 9.17) is 4.98 Å². The van der Waals surface area contributed by atoms with Crippen LogP contribution in [0.5, 0.6) is 0 Å². The summed E-state index contributed by atoms with van der Waals surface area (Å²) in [6.45, 7) is 0.704. The van der Waals surface area contributed by atoms with Crippen molar-refractivity contribution < 1.29 is 43.9 Å². The van der Waals surface area contributed by atoms with E-state index in [1.807, 2.05) is 0 Å². The number of thiazole rings is 1. The number of carbonyl (C=O) groups excluding carboxylic acids is 1. The lowest BCUT2D eigenvalue weighted by Gasteiger charge is -2.23. The van der Waals surface area contributed by atoms with Gasteiger partial charge in [-0.05, 0) is 55.5 Å². The molecule has 1 saturated carbocycles. The molecule has 54 heavy (non-hydrogen) atoms. The summed E-state index contributed by atoms with van der Waals surface area (Å²) in [5.74, 6) is -8.85. The number of nitrogens with one attached hydrogen (secondary N) is 2. The molecule has 0 aliphatic heterocycles. The van der Waals surface area contributed by atoms with E-state index in [1.165, 1.54) is 16.0 Å². The lowest BCUT2D eigenvalue weighted by Crippen LogP contribution is -2.35. The number of fused-ring (bicyclic) bond motifs is 5. The molecule has 2 aliphatic carbocycles. The maximum atomic E-state index is 15.3. The number of halogens is 7. The van der Waals surface area contributed by atoms with E-state index in [-0.39, 0.29) is 35.6 Å². The minimum atomic E-state index is -5.05. The second kappa shape index (κ2) is 12.2. The molecule has 2 aromatic carbocycles. The van der Waals surface area contributed by atoms with Gasteiger partial charge in [-0.2, -0.15) is 32.1 Å². The Balaban J connectivity index is 1.27. The summed E-state index contributed by atoms with van der Waals surface area (Å²) >= 11 is 1.30. The number of sulfonamides is 1. The Morgan fingerprint density at radius 1 is 1.07 bits per heavy atom. The maximum absolute atomic E-state index is 15.3. The topological polar surface area (TPSA) is 137 Å². The number of hydrogen-bond donors (Lipinski definition) is 2. The monoisotopic (exact) mass is 792 g/mol. The van der Waals surface area contributed by atoms with Crippen molar-refractivity contribution in [1.29, 1.82) is 0 Å². The van der Waals surface area contributed by atoms with Crippen molar-refractivity contribution in [1.82, 2.24) is 34.8 Å². The number of carbonyl (C=O) groups is 1. The molecular formula is C34H27F7N8O3S2. The van der Waals surface area contributed by atoms with Crippen molar-refractivity contribution in [2.45, 2.75) is 50.4 Å². The van der Waals surface area contributed by atoms with Gasteiger partial charge in [0.25, 0.3) is 5.92 Å². The molecule has 6 aromatic rings. The van der Waals surface area contributed by atoms with Gasteiger partial charge in [-0.25, -0.2) is 27.2 Å². The van der Waals surface area contributed by atoms with Crippen LogP contribution in [0.3, 0.4) is 0 Å². The second-order valence-electron chi connectivity index (χ2n) is 13.5. The molecule has 1 unspecified atom stereocenters. The maximum Gasteiger partial charge on any atom is 0.435 e.